The van der Waals surface area contributed by atoms with Gasteiger partial charge in [0.25, 0.3) is 0 Å². The fourth-order valence-corrected chi connectivity index (χ4v) is 2.73. The molecule has 0 aliphatic carbocycles. The molecular weight excluding hydrogens is 437 g/mol. The third kappa shape index (κ3) is 2.31. The van der Waals surface area contributed by atoms with Gasteiger partial charge in [-0.3, -0.25) is 0 Å². The highest BCUT2D eigenvalue weighted by molar-refractivity contribution is 14.1. The van der Waals surface area contributed by atoms with E-state index in [1.165, 1.54) is 0 Å². The molecule has 0 atom stereocenters. The Kier molecular flexibility index (Phi) is 3.47. The van der Waals surface area contributed by atoms with Gasteiger partial charge in [-0.1, -0.05) is 15.9 Å². The molecule has 1 N–H and O–H groups in total. The quantitative estimate of drug-likeness (QED) is 0.615. The lowest BCUT2D eigenvalue weighted by molar-refractivity contribution is 0.0692. The Bertz CT molecular complexity index is 832. The van der Waals surface area contributed by atoms with Gasteiger partial charge >= 0.3 is 5.97 Å². The van der Waals surface area contributed by atoms with Crippen LogP contribution in [0.4, 0.5) is 0 Å². The second kappa shape index (κ2) is 5.13. The normalized spacial score (nSPS) is 10.9. The summed E-state index contributed by atoms with van der Waals surface area (Å²) in [5.41, 5.74) is 0.724. The maximum absolute atomic E-state index is 11.3. The van der Waals surface area contributed by atoms with Gasteiger partial charge in [-0.15, -0.1) is 0 Å². The standard InChI is InChI=1S/C13H7BrIN3O2/c14-7-1-2-10-9(5-7)12(13(19)20)17-18(10)11-6-8(15)3-4-16-11/h1-6H,(H,19,20). The van der Waals surface area contributed by atoms with Crippen molar-refractivity contribution in [2.75, 3.05) is 0 Å². The highest BCUT2D eigenvalue weighted by Gasteiger charge is 2.18. The first-order chi connectivity index (χ1) is 9.56. The topological polar surface area (TPSA) is 68.0 Å². The van der Waals surface area contributed by atoms with Crippen molar-refractivity contribution in [3.63, 3.8) is 0 Å². The number of aromatic carboxylic acids is 1. The lowest BCUT2D eigenvalue weighted by Crippen LogP contribution is -2.03. The van der Waals surface area contributed by atoms with Crippen LogP contribution in [-0.4, -0.2) is 25.8 Å². The highest BCUT2D eigenvalue weighted by Crippen LogP contribution is 2.25. The van der Waals surface area contributed by atoms with Crippen LogP contribution in [0.3, 0.4) is 0 Å². The molecule has 7 heteroatoms. The van der Waals surface area contributed by atoms with Gasteiger partial charge in [0.05, 0.1) is 5.52 Å². The molecule has 3 rings (SSSR count). The molecule has 3 aromatic rings. The Morgan fingerprint density at radius 2 is 2.10 bits per heavy atom. The first kappa shape index (κ1) is 13.5. The molecule has 0 saturated carbocycles. The molecule has 0 aliphatic heterocycles. The van der Waals surface area contributed by atoms with Crippen LogP contribution in [0, 0.1) is 3.57 Å². The van der Waals surface area contributed by atoms with Gasteiger partial charge in [0.2, 0.25) is 0 Å². The van der Waals surface area contributed by atoms with E-state index in [1.807, 2.05) is 24.3 Å². The third-order valence-corrected chi connectivity index (χ3v) is 3.93. The number of pyridine rings is 1. The third-order valence-electron chi connectivity index (χ3n) is 2.77. The zero-order valence-corrected chi connectivity index (χ0v) is 13.7. The van der Waals surface area contributed by atoms with Crippen molar-refractivity contribution in [1.29, 1.82) is 0 Å². The maximum atomic E-state index is 11.3. The van der Waals surface area contributed by atoms with E-state index in [4.69, 9.17) is 0 Å². The van der Waals surface area contributed by atoms with E-state index in [0.29, 0.717) is 16.7 Å². The van der Waals surface area contributed by atoms with Crippen molar-refractivity contribution in [3.05, 3.63) is 50.3 Å². The number of carbonyl (C=O) groups is 1. The van der Waals surface area contributed by atoms with Crippen molar-refractivity contribution < 1.29 is 9.90 Å². The Balaban J connectivity index is 2.34. The fourth-order valence-electron chi connectivity index (χ4n) is 1.93. The number of nitrogens with zero attached hydrogens (tertiary/aromatic N) is 3. The van der Waals surface area contributed by atoms with Crippen molar-refractivity contribution in [1.82, 2.24) is 14.8 Å². The first-order valence-electron chi connectivity index (χ1n) is 5.60. The van der Waals surface area contributed by atoms with Gasteiger partial charge in [-0.25, -0.2) is 14.5 Å². The molecule has 5 nitrogen and oxygen atoms in total. The Labute approximate surface area is 135 Å². The molecule has 1 aromatic carbocycles. The number of benzene rings is 1. The van der Waals surface area contributed by atoms with Crippen molar-refractivity contribution in [3.8, 4) is 5.82 Å². The van der Waals surface area contributed by atoms with E-state index in [-0.39, 0.29) is 5.69 Å². The van der Waals surface area contributed by atoms with Crippen LogP contribution in [0.25, 0.3) is 16.7 Å². The molecule has 0 bridgehead atoms. The monoisotopic (exact) mass is 443 g/mol. The van der Waals surface area contributed by atoms with E-state index in [0.717, 1.165) is 8.04 Å². The number of aromatic nitrogens is 3. The van der Waals surface area contributed by atoms with Crippen LogP contribution in [-0.2, 0) is 0 Å². The number of hydrogen-bond donors (Lipinski definition) is 1. The molecule has 2 aromatic heterocycles. The summed E-state index contributed by atoms with van der Waals surface area (Å²) in [7, 11) is 0. The maximum Gasteiger partial charge on any atom is 0.357 e. The second-order valence-corrected chi connectivity index (χ2v) is 6.22. The molecule has 0 unspecified atom stereocenters. The Morgan fingerprint density at radius 1 is 1.30 bits per heavy atom. The number of hydrogen-bond acceptors (Lipinski definition) is 3. The van der Waals surface area contributed by atoms with Crippen LogP contribution >= 0.6 is 38.5 Å². The van der Waals surface area contributed by atoms with Crippen molar-refractivity contribution in [2.45, 2.75) is 0 Å². The van der Waals surface area contributed by atoms with E-state index in [1.54, 1.807) is 16.9 Å². The molecule has 0 saturated heterocycles. The molecule has 0 radical (unpaired) electrons. The molecule has 0 amide bonds. The summed E-state index contributed by atoms with van der Waals surface area (Å²) in [6.45, 7) is 0. The molecule has 0 aliphatic rings. The summed E-state index contributed by atoms with van der Waals surface area (Å²) in [6.07, 6.45) is 1.67. The molecule has 20 heavy (non-hydrogen) atoms. The van der Waals surface area contributed by atoms with Gasteiger partial charge in [-0.05, 0) is 52.9 Å². The van der Waals surface area contributed by atoms with Crippen LogP contribution < -0.4 is 0 Å². The summed E-state index contributed by atoms with van der Waals surface area (Å²) in [5, 5.41) is 14.0. The minimum atomic E-state index is -1.06. The molecule has 100 valence electrons. The minimum Gasteiger partial charge on any atom is -0.476 e. The second-order valence-electron chi connectivity index (χ2n) is 4.06. The van der Waals surface area contributed by atoms with Gasteiger partial charge in [0, 0.05) is 19.6 Å². The van der Waals surface area contributed by atoms with Crippen LogP contribution in [0.15, 0.2) is 41.0 Å². The van der Waals surface area contributed by atoms with Crippen LogP contribution in [0.5, 0.6) is 0 Å². The summed E-state index contributed by atoms with van der Waals surface area (Å²) in [5.74, 6) is -0.464. The average molecular weight is 444 g/mol. The average Bonchev–Trinajstić information content (AvgIpc) is 2.77. The first-order valence-corrected chi connectivity index (χ1v) is 7.47. The highest BCUT2D eigenvalue weighted by atomic mass is 127. The van der Waals surface area contributed by atoms with Crippen molar-refractivity contribution >= 4 is 55.4 Å². The van der Waals surface area contributed by atoms with Crippen LogP contribution in [0.1, 0.15) is 10.5 Å². The minimum absolute atomic E-state index is 0.0157. The van der Waals surface area contributed by atoms with E-state index in [9.17, 15) is 9.90 Å². The molecular formula is C13H7BrIN3O2. The lowest BCUT2D eigenvalue weighted by Gasteiger charge is -2.02. The van der Waals surface area contributed by atoms with Crippen molar-refractivity contribution in [2.24, 2.45) is 0 Å². The van der Waals surface area contributed by atoms with Crippen LogP contribution in [0.2, 0.25) is 0 Å². The zero-order valence-electron chi connectivity index (χ0n) is 9.92. The SMILES string of the molecule is O=C(O)c1nn(-c2cc(I)ccn2)c2ccc(Br)cc12. The molecule has 0 spiro atoms. The largest absolute Gasteiger partial charge is 0.476 e. The number of rotatable bonds is 2. The number of fused-ring (bicyclic) bond motifs is 1. The Hall–Kier alpha value is -1.48. The number of carboxylic acid groups (broad SMARTS) is 1. The molecule has 0 fully saturated rings. The molecule has 2 heterocycles. The summed E-state index contributed by atoms with van der Waals surface area (Å²) in [4.78, 5) is 15.6. The summed E-state index contributed by atoms with van der Waals surface area (Å²) >= 11 is 5.52. The van der Waals surface area contributed by atoms with Gasteiger partial charge < -0.3 is 5.11 Å². The predicted octanol–water partition coefficient (Wildman–Crippen LogP) is 3.49. The van der Waals surface area contributed by atoms with E-state index >= 15 is 0 Å². The fraction of sp³-hybridized carbons (Fsp3) is 0. The summed E-state index contributed by atoms with van der Waals surface area (Å²) in [6, 6.07) is 9.13. The zero-order chi connectivity index (χ0) is 14.3. The number of halogens is 2. The summed E-state index contributed by atoms with van der Waals surface area (Å²) < 4.78 is 3.36. The van der Waals surface area contributed by atoms with E-state index in [2.05, 4.69) is 48.6 Å². The van der Waals surface area contributed by atoms with Gasteiger partial charge in [-0.2, -0.15) is 5.10 Å². The Morgan fingerprint density at radius 3 is 2.80 bits per heavy atom. The predicted molar refractivity (Wildman–Crippen MR) is 86.2 cm³/mol. The van der Waals surface area contributed by atoms with Gasteiger partial charge in [0.15, 0.2) is 11.5 Å². The van der Waals surface area contributed by atoms with Gasteiger partial charge in [0.1, 0.15) is 0 Å². The van der Waals surface area contributed by atoms with E-state index < -0.39 is 5.97 Å². The smallest absolute Gasteiger partial charge is 0.357 e. The lowest BCUT2D eigenvalue weighted by atomic mass is 10.2. The number of carboxylic acids is 1.